The van der Waals surface area contributed by atoms with Gasteiger partial charge in [0.2, 0.25) is 0 Å². The van der Waals surface area contributed by atoms with Gasteiger partial charge in [-0.05, 0) is 31.7 Å². The number of hydrogen-bond acceptors (Lipinski definition) is 3. The Balaban J connectivity index is 2.29. The zero-order chi connectivity index (χ0) is 16.3. The fourth-order valence-electron chi connectivity index (χ4n) is 3.33. The smallest absolute Gasteiger partial charge is 0.339 e. The van der Waals surface area contributed by atoms with Gasteiger partial charge in [-0.2, -0.15) is 0 Å². The van der Waals surface area contributed by atoms with Crippen LogP contribution >= 0.6 is 0 Å². The van der Waals surface area contributed by atoms with Crippen molar-refractivity contribution in [3.05, 3.63) is 22.5 Å². The Morgan fingerprint density at radius 2 is 1.91 bits per heavy atom. The van der Waals surface area contributed by atoms with Crippen molar-refractivity contribution in [3.63, 3.8) is 0 Å². The van der Waals surface area contributed by atoms with E-state index < -0.39 is 0 Å². The number of aromatic nitrogens is 1. The normalized spacial score (nSPS) is 15.6. The molecule has 0 spiro atoms. The van der Waals surface area contributed by atoms with E-state index in [-0.39, 0.29) is 11.9 Å². The largest absolute Gasteiger partial charge is 0.465 e. The highest BCUT2D eigenvalue weighted by Crippen LogP contribution is 2.25. The molecule has 0 aliphatic heterocycles. The number of ether oxygens (including phenoxy) is 1. The lowest BCUT2D eigenvalue weighted by molar-refractivity contribution is 0.0599. The van der Waals surface area contributed by atoms with Gasteiger partial charge in [-0.25, -0.2) is 4.79 Å². The van der Waals surface area contributed by atoms with Gasteiger partial charge in [-0.3, -0.25) is 4.79 Å². The fraction of sp³-hybridized carbons (Fsp3) is 0.647. The number of esters is 1. The number of H-pyrrole nitrogens is 1. The molecule has 1 amide bonds. The number of amides is 1. The van der Waals surface area contributed by atoms with E-state index in [4.69, 9.17) is 4.74 Å². The third-order valence-corrected chi connectivity index (χ3v) is 4.73. The maximum atomic E-state index is 12.8. The van der Waals surface area contributed by atoms with Gasteiger partial charge < -0.3 is 14.6 Å². The molecule has 0 radical (unpaired) electrons. The molecule has 22 heavy (non-hydrogen) atoms. The Morgan fingerprint density at radius 1 is 1.27 bits per heavy atom. The van der Waals surface area contributed by atoms with Gasteiger partial charge in [0.1, 0.15) is 5.69 Å². The number of methoxy groups -OCH3 is 1. The maximum absolute atomic E-state index is 12.8. The van der Waals surface area contributed by atoms with Crippen molar-refractivity contribution >= 4 is 11.9 Å². The number of aryl methyl sites for hydroxylation is 1. The summed E-state index contributed by atoms with van der Waals surface area (Å²) >= 11 is 0. The third-order valence-electron chi connectivity index (χ3n) is 4.73. The number of nitrogens with one attached hydrogen (secondary N) is 1. The van der Waals surface area contributed by atoms with Gasteiger partial charge in [-0.1, -0.05) is 26.2 Å². The molecule has 1 N–H and O–H groups in total. The second kappa shape index (κ2) is 6.99. The van der Waals surface area contributed by atoms with E-state index in [1.807, 2.05) is 25.8 Å². The van der Waals surface area contributed by atoms with E-state index in [0.29, 0.717) is 29.3 Å². The van der Waals surface area contributed by atoms with Gasteiger partial charge in [0.05, 0.1) is 12.7 Å². The predicted molar refractivity (Wildman–Crippen MR) is 85.2 cm³/mol. The summed E-state index contributed by atoms with van der Waals surface area (Å²) in [4.78, 5) is 29.7. The van der Waals surface area contributed by atoms with E-state index in [9.17, 15) is 9.59 Å². The van der Waals surface area contributed by atoms with Crippen molar-refractivity contribution in [2.24, 2.45) is 0 Å². The Morgan fingerprint density at radius 3 is 2.45 bits per heavy atom. The van der Waals surface area contributed by atoms with Crippen molar-refractivity contribution < 1.29 is 14.3 Å². The van der Waals surface area contributed by atoms with E-state index >= 15 is 0 Å². The van der Waals surface area contributed by atoms with Crippen molar-refractivity contribution in [1.29, 1.82) is 0 Å². The van der Waals surface area contributed by atoms with Gasteiger partial charge >= 0.3 is 5.97 Å². The Kier molecular flexibility index (Phi) is 5.27. The monoisotopic (exact) mass is 306 g/mol. The van der Waals surface area contributed by atoms with Crippen LogP contribution < -0.4 is 0 Å². The predicted octanol–water partition coefficient (Wildman–Crippen LogP) is 3.08. The molecular formula is C17H26N2O3. The zero-order valence-corrected chi connectivity index (χ0v) is 14.0. The molecule has 5 heteroatoms. The molecule has 1 aromatic rings. The summed E-state index contributed by atoms with van der Waals surface area (Å²) in [6, 6.07) is 0.301. The molecule has 0 aromatic carbocycles. The molecule has 1 saturated carbocycles. The fourth-order valence-corrected chi connectivity index (χ4v) is 3.33. The molecule has 0 saturated heterocycles. The minimum Gasteiger partial charge on any atom is -0.465 e. The molecule has 5 nitrogen and oxygen atoms in total. The van der Waals surface area contributed by atoms with Crippen LogP contribution in [0.3, 0.4) is 0 Å². The summed E-state index contributed by atoms with van der Waals surface area (Å²) in [7, 11) is 3.23. The van der Waals surface area contributed by atoms with E-state index in [1.54, 1.807) is 0 Å². The van der Waals surface area contributed by atoms with E-state index in [2.05, 4.69) is 4.98 Å². The Bertz CT molecular complexity index is 556. The van der Waals surface area contributed by atoms with Gasteiger partial charge in [0, 0.05) is 18.8 Å². The molecule has 122 valence electrons. The molecule has 1 aliphatic rings. The summed E-state index contributed by atoms with van der Waals surface area (Å²) in [5.41, 5.74) is 2.48. The van der Waals surface area contributed by atoms with Crippen molar-refractivity contribution in [2.75, 3.05) is 14.2 Å². The number of nitrogens with zero attached hydrogens (tertiary/aromatic N) is 1. The van der Waals surface area contributed by atoms with Crippen LogP contribution in [0.5, 0.6) is 0 Å². The lowest BCUT2D eigenvalue weighted by Crippen LogP contribution is -2.38. The number of carbonyl (C=O) groups is 2. The van der Waals surface area contributed by atoms with Crippen molar-refractivity contribution in [2.45, 2.75) is 58.4 Å². The molecule has 0 atom stereocenters. The molecule has 1 fully saturated rings. The third kappa shape index (κ3) is 3.03. The lowest BCUT2D eigenvalue weighted by atomic mass is 9.94. The molecular weight excluding hydrogens is 280 g/mol. The van der Waals surface area contributed by atoms with Crippen LogP contribution in [-0.2, 0) is 11.2 Å². The summed E-state index contributed by atoms with van der Waals surface area (Å²) in [5, 5.41) is 0. The summed E-state index contributed by atoms with van der Waals surface area (Å²) < 4.78 is 4.85. The second-order valence-electron chi connectivity index (χ2n) is 6.03. The number of aromatic amines is 1. The molecule has 2 rings (SSSR count). The van der Waals surface area contributed by atoms with Crippen LogP contribution in [0.2, 0.25) is 0 Å². The molecule has 1 aliphatic carbocycles. The molecule has 1 aromatic heterocycles. The Hall–Kier alpha value is -1.78. The first kappa shape index (κ1) is 16.6. The van der Waals surface area contributed by atoms with Crippen LogP contribution in [-0.4, -0.2) is 42.0 Å². The first-order valence-electron chi connectivity index (χ1n) is 8.08. The topological polar surface area (TPSA) is 62.4 Å². The average molecular weight is 306 g/mol. The summed E-state index contributed by atoms with van der Waals surface area (Å²) in [6.45, 7) is 3.76. The first-order valence-corrected chi connectivity index (χ1v) is 8.08. The minimum atomic E-state index is -0.384. The second-order valence-corrected chi connectivity index (χ2v) is 6.03. The van der Waals surface area contributed by atoms with Gasteiger partial charge in [0.15, 0.2) is 0 Å². The van der Waals surface area contributed by atoms with Crippen LogP contribution in [0.4, 0.5) is 0 Å². The first-order chi connectivity index (χ1) is 10.5. The highest BCUT2D eigenvalue weighted by molar-refractivity contribution is 6.00. The highest BCUT2D eigenvalue weighted by atomic mass is 16.5. The van der Waals surface area contributed by atoms with Crippen LogP contribution in [0, 0.1) is 6.92 Å². The average Bonchev–Trinajstić information content (AvgIpc) is 2.90. The van der Waals surface area contributed by atoms with E-state index in [1.165, 1.54) is 26.4 Å². The summed E-state index contributed by atoms with van der Waals surface area (Å²) in [6.07, 6.45) is 6.40. The quantitative estimate of drug-likeness (QED) is 0.870. The van der Waals surface area contributed by atoms with Crippen LogP contribution in [0.25, 0.3) is 0 Å². The number of rotatable bonds is 4. The number of carbonyl (C=O) groups excluding carboxylic acids is 2. The summed E-state index contributed by atoms with van der Waals surface area (Å²) in [5.74, 6) is -0.417. The minimum absolute atomic E-state index is 0.0331. The Labute approximate surface area is 132 Å². The van der Waals surface area contributed by atoms with Crippen LogP contribution in [0.1, 0.15) is 71.1 Å². The van der Waals surface area contributed by atoms with Crippen LogP contribution in [0.15, 0.2) is 0 Å². The van der Waals surface area contributed by atoms with Gasteiger partial charge in [-0.15, -0.1) is 0 Å². The van der Waals surface area contributed by atoms with Gasteiger partial charge in [0.25, 0.3) is 5.91 Å². The van der Waals surface area contributed by atoms with Crippen molar-refractivity contribution in [1.82, 2.24) is 9.88 Å². The molecule has 1 heterocycles. The number of hydrogen-bond donors (Lipinski definition) is 1. The molecule has 0 bridgehead atoms. The zero-order valence-electron chi connectivity index (χ0n) is 14.0. The van der Waals surface area contributed by atoms with Crippen molar-refractivity contribution in [3.8, 4) is 0 Å². The standard InChI is InChI=1S/C17H26N2O3/c1-5-13-14(17(21)22-4)11(2)15(18-13)16(20)19(3)12-9-7-6-8-10-12/h12,18H,5-10H2,1-4H3. The SMILES string of the molecule is CCc1[nH]c(C(=O)N(C)C2CCCCC2)c(C)c1C(=O)OC. The lowest BCUT2D eigenvalue weighted by Gasteiger charge is -2.31. The maximum Gasteiger partial charge on any atom is 0.339 e. The molecule has 0 unspecified atom stereocenters. The highest BCUT2D eigenvalue weighted by Gasteiger charge is 2.28. The van der Waals surface area contributed by atoms with E-state index in [0.717, 1.165) is 18.5 Å².